The van der Waals surface area contributed by atoms with Crippen LogP contribution in [-0.4, -0.2) is 66.7 Å². The van der Waals surface area contributed by atoms with Gasteiger partial charge in [-0.05, 0) is 154 Å². The molecule has 0 saturated heterocycles. The number of hydrogen-bond acceptors (Lipinski definition) is 8. The number of hydrogen-bond donors (Lipinski definition) is 3. The van der Waals surface area contributed by atoms with E-state index in [0.717, 1.165) is 93.7 Å². The zero-order valence-corrected chi connectivity index (χ0v) is 34.2. The van der Waals surface area contributed by atoms with Gasteiger partial charge >= 0.3 is 5.97 Å². The predicted molar refractivity (Wildman–Crippen MR) is 220 cm³/mol. The Balaban J connectivity index is 1.03. The number of rotatable bonds is 12. The average molecular weight is 786 g/mol. The Morgan fingerprint density at radius 3 is 2.64 bits per heavy atom. The van der Waals surface area contributed by atoms with Crippen LogP contribution < -0.4 is 24.8 Å². The number of carbonyl (C=O) groups is 1. The Kier molecular flexibility index (Phi) is 11.8. The molecule has 10 heteroatoms. The molecule has 0 unspecified atom stereocenters. The van der Waals surface area contributed by atoms with Gasteiger partial charge in [0.1, 0.15) is 17.4 Å². The largest absolute Gasteiger partial charge is 0.493 e. The number of nitrogens with zero attached hydrogens (tertiary/aromatic N) is 1. The monoisotopic (exact) mass is 785 g/mol. The average Bonchev–Trinajstić information content (AvgIpc) is 3.32. The smallest absolute Gasteiger partial charge is 0.329 e. The zero-order valence-electron chi connectivity index (χ0n) is 33.4. The number of carboxylic acids is 1. The predicted octanol–water partition coefficient (Wildman–Crippen LogP) is 9.28. The first-order chi connectivity index (χ1) is 27.1. The molecule has 9 nitrogen and oxygen atoms in total. The standard InChI is InChI=1S/C46H60ClN3O6/c1-29(28-55-40-14-20-48-39-9-4-6-30(2)43(39)40)22-32-23-31-24-41-42(56-37(15-21-54-41)27-49-34-10-12-36(53-3)13-11-34)26-38(31)45(32)16-18-46(19-17-45,44(51)52)50-35-8-5-7-33(47)25-35/h5,7-8,14,20,24-26,29-30,32,34,36-37,49-50H,4,6,9-13,15-19,21-23,27-28H2,1-3H3,(H,51,52)/t29-,30-,32+,34?,36?,37-,45?,46?/m1/s1. The molecule has 4 aliphatic carbocycles. The van der Waals surface area contributed by atoms with Crippen molar-refractivity contribution in [2.45, 2.75) is 139 Å². The lowest BCUT2D eigenvalue weighted by molar-refractivity contribution is -0.144. The van der Waals surface area contributed by atoms with Gasteiger partial charge in [-0.3, -0.25) is 4.98 Å². The van der Waals surface area contributed by atoms with Gasteiger partial charge in [0.15, 0.2) is 11.5 Å². The second kappa shape index (κ2) is 16.8. The van der Waals surface area contributed by atoms with E-state index < -0.39 is 11.5 Å². The maximum absolute atomic E-state index is 13.1. The van der Waals surface area contributed by atoms with Gasteiger partial charge in [-0.25, -0.2) is 4.79 Å². The van der Waals surface area contributed by atoms with Crippen LogP contribution in [0.3, 0.4) is 0 Å². The van der Waals surface area contributed by atoms with Crippen molar-refractivity contribution in [1.29, 1.82) is 0 Å². The number of aliphatic carboxylic acids is 1. The summed E-state index contributed by atoms with van der Waals surface area (Å²) in [5.41, 5.74) is 4.54. The second-order valence-corrected chi connectivity index (χ2v) is 18.1. The number of pyridine rings is 1. The first-order valence-corrected chi connectivity index (χ1v) is 21.6. The summed E-state index contributed by atoms with van der Waals surface area (Å²) >= 11 is 6.33. The highest BCUT2D eigenvalue weighted by Crippen LogP contribution is 2.58. The third kappa shape index (κ3) is 8.10. The molecule has 0 bridgehead atoms. The molecule has 56 heavy (non-hydrogen) atoms. The molecule has 1 aromatic heterocycles. The normalized spacial score (nSPS) is 30.2. The molecule has 1 aliphatic heterocycles. The van der Waals surface area contributed by atoms with Gasteiger partial charge in [0.2, 0.25) is 0 Å². The van der Waals surface area contributed by atoms with Crippen LogP contribution in [0.25, 0.3) is 0 Å². The van der Waals surface area contributed by atoms with Crippen molar-refractivity contribution in [2.24, 2.45) is 11.8 Å². The van der Waals surface area contributed by atoms with Gasteiger partial charge in [0.05, 0.1) is 19.3 Å². The van der Waals surface area contributed by atoms with Gasteiger partial charge in [0.25, 0.3) is 0 Å². The number of aryl methyl sites for hydroxylation is 1. The Morgan fingerprint density at radius 1 is 1.05 bits per heavy atom. The van der Waals surface area contributed by atoms with Crippen LogP contribution in [0.2, 0.25) is 5.02 Å². The number of benzene rings is 2. The van der Waals surface area contributed by atoms with Gasteiger partial charge in [-0.15, -0.1) is 0 Å². The molecule has 2 aromatic carbocycles. The van der Waals surface area contributed by atoms with E-state index in [9.17, 15) is 9.90 Å². The molecular formula is C46H60ClN3O6. The lowest BCUT2D eigenvalue weighted by atomic mass is 9.59. The topological polar surface area (TPSA) is 111 Å². The molecule has 0 amide bonds. The van der Waals surface area contributed by atoms with E-state index in [1.54, 1.807) is 0 Å². The Labute approximate surface area is 337 Å². The maximum atomic E-state index is 13.1. The van der Waals surface area contributed by atoms with Crippen molar-refractivity contribution >= 4 is 23.3 Å². The summed E-state index contributed by atoms with van der Waals surface area (Å²) in [7, 11) is 1.82. The fraction of sp³-hybridized carbons (Fsp3) is 0.609. The summed E-state index contributed by atoms with van der Waals surface area (Å²) in [5.74, 6) is 2.89. The molecule has 2 saturated carbocycles. The molecule has 4 atom stereocenters. The first kappa shape index (κ1) is 39.3. The van der Waals surface area contributed by atoms with E-state index in [0.29, 0.717) is 61.0 Å². The van der Waals surface area contributed by atoms with Crippen LogP contribution in [0.4, 0.5) is 5.69 Å². The Bertz CT molecular complexity index is 1850. The third-order valence-electron chi connectivity index (χ3n) is 14.0. The summed E-state index contributed by atoms with van der Waals surface area (Å²) in [6.45, 7) is 6.62. The minimum Gasteiger partial charge on any atom is -0.493 e. The van der Waals surface area contributed by atoms with Crippen molar-refractivity contribution < 1.29 is 28.8 Å². The molecule has 302 valence electrons. The van der Waals surface area contributed by atoms with E-state index in [1.807, 2.05) is 43.6 Å². The Morgan fingerprint density at radius 2 is 1.88 bits per heavy atom. The summed E-state index contributed by atoms with van der Waals surface area (Å²) in [4.78, 5) is 17.8. The molecular weight excluding hydrogens is 726 g/mol. The number of ether oxygens (including phenoxy) is 4. The highest BCUT2D eigenvalue weighted by atomic mass is 35.5. The van der Waals surface area contributed by atoms with Crippen LogP contribution >= 0.6 is 11.6 Å². The number of carboxylic acid groups (broad SMARTS) is 1. The van der Waals surface area contributed by atoms with Gasteiger partial charge in [-0.1, -0.05) is 31.5 Å². The zero-order chi connectivity index (χ0) is 38.9. The molecule has 0 radical (unpaired) electrons. The van der Waals surface area contributed by atoms with Crippen LogP contribution in [0, 0.1) is 11.8 Å². The van der Waals surface area contributed by atoms with Gasteiger partial charge in [0, 0.05) is 54.3 Å². The van der Waals surface area contributed by atoms with Crippen molar-refractivity contribution in [3.63, 3.8) is 0 Å². The minimum atomic E-state index is -1.08. The Hall–Kier alpha value is -3.53. The third-order valence-corrected chi connectivity index (χ3v) is 14.2. The van der Waals surface area contributed by atoms with E-state index >= 15 is 0 Å². The van der Waals surface area contributed by atoms with Crippen LogP contribution in [0.1, 0.15) is 119 Å². The SMILES string of the molecule is COC1CCC(NC[C@H]2CCOc3cc4c(cc3O2)C2(CCC(Nc3cccc(Cl)c3)(C(=O)O)CC2)[C@@H](C[C@@H](C)COc2ccnc3c2[C@H](C)CCC3)C4)CC1. The summed E-state index contributed by atoms with van der Waals surface area (Å²) < 4.78 is 25.5. The quantitative estimate of drug-likeness (QED) is 0.166. The van der Waals surface area contributed by atoms with Crippen LogP contribution in [0.5, 0.6) is 17.2 Å². The molecule has 2 heterocycles. The van der Waals surface area contributed by atoms with Crippen LogP contribution in [0.15, 0.2) is 48.7 Å². The summed E-state index contributed by atoms with van der Waals surface area (Å²) in [6, 6.07) is 14.4. The highest BCUT2D eigenvalue weighted by Gasteiger charge is 2.54. The number of halogens is 1. The first-order valence-electron chi connectivity index (χ1n) is 21.3. The van der Waals surface area contributed by atoms with E-state index in [2.05, 4.69) is 36.6 Å². The molecule has 3 aromatic rings. The second-order valence-electron chi connectivity index (χ2n) is 17.6. The van der Waals surface area contributed by atoms with Crippen molar-refractivity contribution in [1.82, 2.24) is 10.3 Å². The van der Waals surface area contributed by atoms with E-state index in [1.165, 1.54) is 35.2 Å². The highest BCUT2D eigenvalue weighted by molar-refractivity contribution is 6.30. The number of methoxy groups -OCH3 is 1. The molecule has 3 N–H and O–H groups in total. The lowest BCUT2D eigenvalue weighted by Crippen LogP contribution is -2.53. The molecule has 8 rings (SSSR count). The number of fused-ring (bicyclic) bond motifs is 4. The van der Waals surface area contributed by atoms with Gasteiger partial charge in [-0.2, -0.15) is 0 Å². The van der Waals surface area contributed by atoms with Crippen molar-refractivity contribution in [3.8, 4) is 17.2 Å². The number of aromatic nitrogens is 1. The van der Waals surface area contributed by atoms with E-state index in [-0.39, 0.29) is 11.5 Å². The molecule has 1 spiro atoms. The number of anilines is 1. The fourth-order valence-electron chi connectivity index (χ4n) is 10.8. The summed E-state index contributed by atoms with van der Waals surface area (Å²) in [5, 5.41) is 18.6. The maximum Gasteiger partial charge on any atom is 0.329 e. The minimum absolute atomic E-state index is 0.00864. The molecule has 2 fully saturated rings. The van der Waals surface area contributed by atoms with E-state index in [4.69, 9.17) is 35.5 Å². The van der Waals surface area contributed by atoms with Gasteiger partial charge < -0.3 is 34.7 Å². The van der Waals surface area contributed by atoms with Crippen molar-refractivity contribution in [3.05, 3.63) is 76.1 Å². The van der Waals surface area contributed by atoms with Crippen LogP contribution in [-0.2, 0) is 27.8 Å². The number of nitrogens with one attached hydrogen (secondary N) is 2. The summed E-state index contributed by atoms with van der Waals surface area (Å²) in [6.07, 6.45) is 15.3. The fourth-order valence-corrected chi connectivity index (χ4v) is 11.0. The molecule has 5 aliphatic rings. The van der Waals surface area contributed by atoms with Crippen molar-refractivity contribution in [2.75, 3.05) is 32.2 Å². The lowest BCUT2D eigenvalue weighted by Gasteiger charge is -2.47.